The average Bonchev–Trinajstić information content (AvgIpc) is 3.14. The number of amides is 2. The molecule has 4 atom stereocenters. The Labute approximate surface area is 124 Å². The maximum atomic E-state index is 12.4. The Morgan fingerprint density at radius 2 is 2.10 bits per heavy atom. The second-order valence-corrected chi connectivity index (χ2v) is 6.25. The summed E-state index contributed by atoms with van der Waals surface area (Å²) < 4.78 is 5.23. The van der Waals surface area contributed by atoms with Crippen LogP contribution in [-0.2, 0) is 9.53 Å². The van der Waals surface area contributed by atoms with Crippen molar-refractivity contribution in [3.8, 4) is 0 Å². The molecule has 0 spiro atoms. The Hall–Kier alpha value is -1.34. The van der Waals surface area contributed by atoms with Crippen molar-refractivity contribution in [2.75, 3.05) is 33.4 Å². The summed E-state index contributed by atoms with van der Waals surface area (Å²) in [5, 5.41) is 12.3. The lowest BCUT2D eigenvalue weighted by molar-refractivity contribution is -0.142. The number of aliphatic carboxylic acids is 1. The third-order valence-electron chi connectivity index (χ3n) is 5.10. The van der Waals surface area contributed by atoms with E-state index in [9.17, 15) is 14.7 Å². The second kappa shape index (κ2) is 5.81. The topological polar surface area (TPSA) is 82.1 Å². The summed E-state index contributed by atoms with van der Waals surface area (Å²) in [5.41, 5.74) is 0. The van der Waals surface area contributed by atoms with Crippen molar-refractivity contribution >= 4 is 12.0 Å². The Morgan fingerprint density at radius 3 is 2.86 bits per heavy atom. The normalized spacial score (nSPS) is 35.7. The maximum Gasteiger partial charge on any atom is 0.317 e. The van der Waals surface area contributed by atoms with E-state index < -0.39 is 11.9 Å². The van der Waals surface area contributed by atoms with Gasteiger partial charge in [0.25, 0.3) is 0 Å². The van der Waals surface area contributed by atoms with Crippen molar-refractivity contribution in [1.29, 1.82) is 0 Å². The molecule has 118 valence electrons. The van der Waals surface area contributed by atoms with Crippen molar-refractivity contribution in [3.63, 3.8) is 0 Å². The van der Waals surface area contributed by atoms with Gasteiger partial charge in [-0.15, -0.1) is 0 Å². The quantitative estimate of drug-likeness (QED) is 0.764. The summed E-state index contributed by atoms with van der Waals surface area (Å²) in [4.78, 5) is 27.5. The van der Waals surface area contributed by atoms with E-state index >= 15 is 0 Å². The first kappa shape index (κ1) is 14.6. The fraction of sp³-hybridized carbons (Fsp3) is 0.857. The number of carboxylic acids is 1. The van der Waals surface area contributed by atoms with Crippen LogP contribution >= 0.6 is 0 Å². The van der Waals surface area contributed by atoms with Gasteiger partial charge in [0, 0.05) is 25.7 Å². The summed E-state index contributed by atoms with van der Waals surface area (Å²) in [6.07, 6.45) is 3.32. The minimum atomic E-state index is -0.903. The summed E-state index contributed by atoms with van der Waals surface area (Å²) in [7, 11) is 1.66. The third-order valence-corrected chi connectivity index (χ3v) is 5.10. The average molecular weight is 297 g/mol. The predicted molar refractivity (Wildman–Crippen MR) is 75.0 cm³/mol. The largest absolute Gasteiger partial charge is 0.481 e. The van der Waals surface area contributed by atoms with Crippen molar-refractivity contribution in [2.24, 2.45) is 5.92 Å². The van der Waals surface area contributed by atoms with Gasteiger partial charge in [-0.3, -0.25) is 9.69 Å². The van der Waals surface area contributed by atoms with Crippen LogP contribution in [0.3, 0.4) is 0 Å². The van der Waals surface area contributed by atoms with E-state index in [1.54, 1.807) is 7.05 Å². The number of hydrogen-bond donors (Lipinski definition) is 2. The molecule has 2 N–H and O–H groups in total. The number of likely N-dealkylation sites (N-methyl/N-ethyl adjacent to an activating group) is 1. The van der Waals surface area contributed by atoms with Gasteiger partial charge in [0.15, 0.2) is 0 Å². The standard InChI is InChI=1S/C14H23N3O4/c1-16(12-8-21-7-9(12)13(18)19)14(20)15-10-4-6-17-5-2-3-11(10)17/h9-12H,2-8H2,1H3,(H,15,20)(H,18,19). The summed E-state index contributed by atoms with van der Waals surface area (Å²) in [6.45, 7) is 2.65. The van der Waals surface area contributed by atoms with Crippen LogP contribution in [0.1, 0.15) is 19.3 Å². The smallest absolute Gasteiger partial charge is 0.317 e. The first-order chi connectivity index (χ1) is 10.1. The monoisotopic (exact) mass is 297 g/mol. The molecule has 3 saturated heterocycles. The van der Waals surface area contributed by atoms with Crippen molar-refractivity contribution in [3.05, 3.63) is 0 Å². The SMILES string of the molecule is CN(C(=O)NC1CCN2CCCC12)C1COCC1C(=O)O. The van der Waals surface area contributed by atoms with Crippen LogP contribution in [0.5, 0.6) is 0 Å². The number of hydrogen-bond acceptors (Lipinski definition) is 4. The maximum absolute atomic E-state index is 12.4. The van der Waals surface area contributed by atoms with E-state index in [2.05, 4.69) is 10.2 Å². The first-order valence-corrected chi connectivity index (χ1v) is 7.66. The predicted octanol–water partition coefficient (Wildman–Crippen LogP) is -0.0359. The lowest BCUT2D eigenvalue weighted by Crippen LogP contribution is -2.52. The number of urea groups is 1. The Kier molecular flexibility index (Phi) is 4.03. The second-order valence-electron chi connectivity index (χ2n) is 6.25. The molecule has 3 aliphatic rings. The molecule has 0 radical (unpaired) electrons. The van der Waals surface area contributed by atoms with Gasteiger partial charge in [0.05, 0.1) is 19.3 Å². The van der Waals surface area contributed by atoms with E-state index in [1.165, 1.54) is 11.3 Å². The minimum Gasteiger partial charge on any atom is -0.481 e. The molecular weight excluding hydrogens is 274 g/mol. The van der Waals surface area contributed by atoms with Gasteiger partial charge in [-0.05, 0) is 25.8 Å². The van der Waals surface area contributed by atoms with Gasteiger partial charge >= 0.3 is 12.0 Å². The molecule has 2 amide bonds. The molecule has 7 heteroatoms. The van der Waals surface area contributed by atoms with E-state index in [0.29, 0.717) is 12.6 Å². The van der Waals surface area contributed by atoms with Gasteiger partial charge in [-0.25, -0.2) is 4.79 Å². The third kappa shape index (κ3) is 2.72. The highest BCUT2D eigenvalue weighted by molar-refractivity contribution is 5.77. The number of ether oxygens (including phenoxy) is 1. The molecule has 4 unspecified atom stereocenters. The summed E-state index contributed by atoms with van der Waals surface area (Å²) in [5.74, 6) is -1.53. The molecule has 3 fully saturated rings. The van der Waals surface area contributed by atoms with Crippen LogP contribution in [0, 0.1) is 5.92 Å². The molecule has 0 aromatic rings. The number of nitrogens with zero attached hydrogens (tertiary/aromatic N) is 2. The number of nitrogens with one attached hydrogen (secondary N) is 1. The van der Waals surface area contributed by atoms with Crippen molar-refractivity contribution < 1.29 is 19.4 Å². The van der Waals surface area contributed by atoms with Crippen LogP contribution in [0.4, 0.5) is 4.79 Å². The first-order valence-electron chi connectivity index (χ1n) is 7.66. The Bertz CT molecular complexity index is 430. The number of carbonyl (C=O) groups is 2. The fourth-order valence-electron chi connectivity index (χ4n) is 3.82. The van der Waals surface area contributed by atoms with Crippen LogP contribution < -0.4 is 5.32 Å². The highest BCUT2D eigenvalue weighted by Gasteiger charge is 2.41. The number of carboxylic acid groups (broad SMARTS) is 1. The van der Waals surface area contributed by atoms with E-state index in [0.717, 1.165) is 25.9 Å². The summed E-state index contributed by atoms with van der Waals surface area (Å²) >= 11 is 0. The van der Waals surface area contributed by atoms with E-state index in [4.69, 9.17) is 4.74 Å². The zero-order valence-corrected chi connectivity index (χ0v) is 12.3. The van der Waals surface area contributed by atoms with Crippen molar-refractivity contribution in [1.82, 2.24) is 15.1 Å². The van der Waals surface area contributed by atoms with Gasteiger partial charge in [0.2, 0.25) is 0 Å². The van der Waals surface area contributed by atoms with E-state index in [-0.39, 0.29) is 24.7 Å². The number of carbonyl (C=O) groups excluding carboxylic acids is 1. The van der Waals surface area contributed by atoms with Crippen LogP contribution in [0.2, 0.25) is 0 Å². The molecule has 0 aromatic heterocycles. The van der Waals surface area contributed by atoms with E-state index in [1.807, 2.05) is 0 Å². The van der Waals surface area contributed by atoms with Crippen LogP contribution in [0.25, 0.3) is 0 Å². The lowest BCUT2D eigenvalue weighted by Gasteiger charge is -2.29. The molecule has 3 rings (SSSR count). The fourth-order valence-corrected chi connectivity index (χ4v) is 3.82. The Balaban J connectivity index is 1.58. The van der Waals surface area contributed by atoms with Crippen LogP contribution in [0.15, 0.2) is 0 Å². The highest BCUT2D eigenvalue weighted by atomic mass is 16.5. The molecule has 7 nitrogen and oxygen atoms in total. The molecular formula is C14H23N3O4. The zero-order chi connectivity index (χ0) is 15.0. The van der Waals surface area contributed by atoms with Crippen molar-refractivity contribution in [2.45, 2.75) is 37.4 Å². The molecule has 3 aliphatic heterocycles. The molecule has 0 aliphatic carbocycles. The minimum absolute atomic E-state index is 0.178. The zero-order valence-electron chi connectivity index (χ0n) is 12.3. The summed E-state index contributed by atoms with van der Waals surface area (Å²) in [6, 6.07) is 0.0737. The molecule has 3 heterocycles. The van der Waals surface area contributed by atoms with Gasteiger partial charge in [-0.1, -0.05) is 0 Å². The van der Waals surface area contributed by atoms with Gasteiger partial charge in [-0.2, -0.15) is 0 Å². The number of rotatable bonds is 3. The lowest BCUT2D eigenvalue weighted by atomic mass is 10.0. The molecule has 0 bridgehead atoms. The number of fused-ring (bicyclic) bond motifs is 1. The van der Waals surface area contributed by atoms with Crippen LogP contribution in [-0.4, -0.2) is 78.4 Å². The Morgan fingerprint density at radius 1 is 1.29 bits per heavy atom. The van der Waals surface area contributed by atoms with Gasteiger partial charge < -0.3 is 20.1 Å². The molecule has 0 saturated carbocycles. The molecule has 21 heavy (non-hydrogen) atoms. The molecule has 0 aromatic carbocycles. The highest BCUT2D eigenvalue weighted by Crippen LogP contribution is 2.28. The van der Waals surface area contributed by atoms with Gasteiger partial charge in [0.1, 0.15) is 5.92 Å².